The number of methoxy groups -OCH3 is 1. The van der Waals surface area contributed by atoms with Crippen molar-refractivity contribution in [3.63, 3.8) is 0 Å². The summed E-state index contributed by atoms with van der Waals surface area (Å²) in [4.78, 5) is 33.7. The summed E-state index contributed by atoms with van der Waals surface area (Å²) < 4.78 is 10.6. The van der Waals surface area contributed by atoms with Gasteiger partial charge in [0, 0.05) is 22.7 Å². The summed E-state index contributed by atoms with van der Waals surface area (Å²) in [6.07, 6.45) is -0.561. The largest absolute Gasteiger partial charge is 0.495 e. The number of nitro groups is 1. The molecule has 2 aromatic carbocycles. The molecule has 1 N–H and O–H groups in total. The molecule has 1 atom stereocenters. The molecule has 0 bridgehead atoms. The van der Waals surface area contributed by atoms with Crippen LogP contribution in [-0.2, 0) is 4.79 Å². The Labute approximate surface area is 160 Å². The topological polar surface area (TPSA) is 108 Å². The highest BCUT2D eigenvalue weighted by Crippen LogP contribution is 2.32. The van der Waals surface area contributed by atoms with Gasteiger partial charge in [0.05, 0.1) is 17.7 Å². The van der Waals surface area contributed by atoms with Crippen molar-refractivity contribution in [2.45, 2.75) is 20.0 Å². The molecule has 2 aromatic rings. The monoisotopic (exact) mass is 392 g/mol. The number of rotatable bonds is 7. The van der Waals surface area contributed by atoms with Gasteiger partial charge in [-0.1, -0.05) is 11.6 Å². The van der Waals surface area contributed by atoms with Crippen molar-refractivity contribution in [2.24, 2.45) is 0 Å². The van der Waals surface area contributed by atoms with Crippen LogP contribution >= 0.6 is 11.6 Å². The highest BCUT2D eigenvalue weighted by atomic mass is 35.5. The van der Waals surface area contributed by atoms with E-state index in [2.05, 4.69) is 5.32 Å². The molecular weight excluding hydrogens is 376 g/mol. The predicted octanol–water partition coefficient (Wildman–Crippen LogP) is 3.78. The average Bonchev–Trinajstić information content (AvgIpc) is 2.64. The van der Waals surface area contributed by atoms with Gasteiger partial charge in [0.1, 0.15) is 12.0 Å². The highest BCUT2D eigenvalue weighted by molar-refractivity contribution is 6.31. The summed E-state index contributed by atoms with van der Waals surface area (Å²) in [5, 5.41) is 14.3. The minimum atomic E-state index is -1.05. The van der Waals surface area contributed by atoms with Gasteiger partial charge in [0.2, 0.25) is 0 Å². The lowest BCUT2D eigenvalue weighted by Gasteiger charge is -2.17. The molecule has 142 valence electrons. The molecule has 0 aliphatic carbocycles. The molecule has 0 fully saturated rings. The number of carbonyl (C=O) groups is 2. The standard InChI is InChI=1S/C18H17ClN2O6/c1-10-6-14(17(26-3)8-13(10)19)20-18(23)11(2)27-16-5-4-12(9-22)7-15(16)21(24)25/h4-9,11H,1-3H3,(H,20,23)/t11-/m1/s1. The first-order valence-corrected chi connectivity index (χ1v) is 8.20. The molecule has 2 rings (SSSR count). The molecular formula is C18H17ClN2O6. The average molecular weight is 393 g/mol. The molecule has 0 spiro atoms. The zero-order valence-corrected chi connectivity index (χ0v) is 15.6. The lowest BCUT2D eigenvalue weighted by molar-refractivity contribution is -0.386. The number of nitrogens with one attached hydrogen (secondary N) is 1. The second-order valence-electron chi connectivity index (χ2n) is 5.65. The maximum Gasteiger partial charge on any atom is 0.311 e. The van der Waals surface area contributed by atoms with E-state index in [-0.39, 0.29) is 11.3 Å². The molecule has 1 amide bonds. The number of hydrogen-bond donors (Lipinski definition) is 1. The first kappa shape index (κ1) is 20.2. The van der Waals surface area contributed by atoms with Crippen molar-refractivity contribution in [1.29, 1.82) is 0 Å². The molecule has 0 unspecified atom stereocenters. The first-order valence-electron chi connectivity index (χ1n) is 7.82. The molecule has 0 saturated carbocycles. The van der Waals surface area contributed by atoms with E-state index in [0.29, 0.717) is 22.7 Å². The van der Waals surface area contributed by atoms with Gasteiger partial charge in [-0.3, -0.25) is 19.7 Å². The quantitative estimate of drug-likeness (QED) is 0.436. The zero-order valence-electron chi connectivity index (χ0n) is 14.8. The summed E-state index contributed by atoms with van der Waals surface area (Å²) in [6.45, 7) is 3.22. The van der Waals surface area contributed by atoms with Crippen LogP contribution in [0.2, 0.25) is 5.02 Å². The normalized spacial score (nSPS) is 11.4. The van der Waals surface area contributed by atoms with Crippen molar-refractivity contribution in [3.8, 4) is 11.5 Å². The predicted molar refractivity (Wildman–Crippen MR) is 99.9 cm³/mol. The van der Waals surface area contributed by atoms with Crippen LogP contribution in [0.1, 0.15) is 22.8 Å². The van der Waals surface area contributed by atoms with Crippen LogP contribution in [0.15, 0.2) is 30.3 Å². The Kier molecular flexibility index (Phi) is 6.36. The third-order valence-corrected chi connectivity index (χ3v) is 4.13. The number of amides is 1. The second-order valence-corrected chi connectivity index (χ2v) is 6.06. The number of aldehydes is 1. The van der Waals surface area contributed by atoms with Gasteiger partial charge in [-0.2, -0.15) is 0 Å². The fourth-order valence-electron chi connectivity index (χ4n) is 2.26. The van der Waals surface area contributed by atoms with Gasteiger partial charge < -0.3 is 14.8 Å². The van der Waals surface area contributed by atoms with Crippen LogP contribution in [0.5, 0.6) is 11.5 Å². The number of benzene rings is 2. The van der Waals surface area contributed by atoms with Crippen molar-refractivity contribution < 1.29 is 24.0 Å². The molecule has 0 aliphatic rings. The lowest BCUT2D eigenvalue weighted by atomic mass is 10.2. The molecule has 9 heteroatoms. The fraction of sp³-hybridized carbons (Fsp3) is 0.222. The van der Waals surface area contributed by atoms with Gasteiger partial charge in [-0.15, -0.1) is 0 Å². The Morgan fingerprint density at radius 2 is 2.00 bits per heavy atom. The number of nitrogens with zero attached hydrogens (tertiary/aromatic N) is 1. The number of hydrogen-bond acceptors (Lipinski definition) is 6. The maximum atomic E-state index is 12.4. The van der Waals surface area contributed by atoms with Gasteiger partial charge in [-0.05, 0) is 37.6 Å². The molecule has 0 heterocycles. The van der Waals surface area contributed by atoms with Crippen LogP contribution in [0.25, 0.3) is 0 Å². The summed E-state index contributed by atoms with van der Waals surface area (Å²) in [6, 6.07) is 6.94. The van der Waals surface area contributed by atoms with Crippen LogP contribution in [0.3, 0.4) is 0 Å². The smallest absolute Gasteiger partial charge is 0.311 e. The van der Waals surface area contributed by atoms with E-state index < -0.39 is 22.6 Å². The highest BCUT2D eigenvalue weighted by Gasteiger charge is 2.22. The number of nitro benzene ring substituents is 1. The van der Waals surface area contributed by atoms with Crippen molar-refractivity contribution in [1.82, 2.24) is 0 Å². The molecule has 0 radical (unpaired) electrons. The second kappa shape index (κ2) is 8.50. The Bertz CT molecular complexity index is 900. The number of carbonyl (C=O) groups excluding carboxylic acids is 2. The van der Waals surface area contributed by atoms with E-state index in [1.165, 1.54) is 26.2 Å². The van der Waals surface area contributed by atoms with E-state index in [1.54, 1.807) is 19.1 Å². The molecule has 0 aliphatic heterocycles. The van der Waals surface area contributed by atoms with Crippen LogP contribution in [-0.4, -0.2) is 30.3 Å². The van der Waals surface area contributed by atoms with Crippen LogP contribution in [0, 0.1) is 17.0 Å². The minimum Gasteiger partial charge on any atom is -0.495 e. The van der Waals surface area contributed by atoms with Gasteiger partial charge in [-0.25, -0.2) is 0 Å². The Hall–Kier alpha value is -3.13. The van der Waals surface area contributed by atoms with Crippen LogP contribution in [0.4, 0.5) is 11.4 Å². The first-order chi connectivity index (χ1) is 12.8. The van der Waals surface area contributed by atoms with Crippen LogP contribution < -0.4 is 14.8 Å². The zero-order chi connectivity index (χ0) is 20.1. The van der Waals surface area contributed by atoms with E-state index in [4.69, 9.17) is 21.1 Å². The van der Waals surface area contributed by atoms with Crippen molar-refractivity contribution in [3.05, 3.63) is 56.6 Å². The molecule has 0 aromatic heterocycles. The molecule has 0 saturated heterocycles. The van der Waals surface area contributed by atoms with E-state index >= 15 is 0 Å². The number of halogens is 1. The third-order valence-electron chi connectivity index (χ3n) is 3.73. The molecule has 8 nitrogen and oxygen atoms in total. The van der Waals surface area contributed by atoms with E-state index in [0.717, 1.165) is 11.6 Å². The van der Waals surface area contributed by atoms with Gasteiger partial charge in [0.25, 0.3) is 5.91 Å². The lowest BCUT2D eigenvalue weighted by Crippen LogP contribution is -2.30. The van der Waals surface area contributed by atoms with Crippen molar-refractivity contribution >= 4 is 35.2 Å². The number of ether oxygens (including phenoxy) is 2. The number of aryl methyl sites for hydroxylation is 1. The van der Waals surface area contributed by atoms with Crippen molar-refractivity contribution in [2.75, 3.05) is 12.4 Å². The van der Waals surface area contributed by atoms with E-state index in [9.17, 15) is 19.7 Å². The Morgan fingerprint density at radius 1 is 1.30 bits per heavy atom. The van der Waals surface area contributed by atoms with Gasteiger partial charge >= 0.3 is 5.69 Å². The molecule has 27 heavy (non-hydrogen) atoms. The SMILES string of the molecule is COc1cc(Cl)c(C)cc1NC(=O)[C@@H](C)Oc1ccc(C=O)cc1[N+](=O)[O-]. The van der Waals surface area contributed by atoms with Gasteiger partial charge in [0.15, 0.2) is 11.9 Å². The minimum absolute atomic E-state index is 0.118. The third kappa shape index (κ3) is 4.73. The van der Waals surface area contributed by atoms with E-state index in [1.807, 2.05) is 0 Å². The summed E-state index contributed by atoms with van der Waals surface area (Å²) in [7, 11) is 1.44. The fourth-order valence-corrected chi connectivity index (χ4v) is 2.41. The summed E-state index contributed by atoms with van der Waals surface area (Å²) in [5.41, 5.74) is 0.860. The number of anilines is 1. The summed E-state index contributed by atoms with van der Waals surface area (Å²) >= 11 is 6.04. The Morgan fingerprint density at radius 3 is 2.59 bits per heavy atom. The Balaban J connectivity index is 2.21. The maximum absolute atomic E-state index is 12.4. The summed E-state index contributed by atoms with van der Waals surface area (Å²) in [5.74, 6) is -0.288.